The third-order valence-corrected chi connectivity index (χ3v) is 5.88. The van der Waals surface area contributed by atoms with Gasteiger partial charge in [0.25, 0.3) is 0 Å². The molecule has 0 unspecified atom stereocenters. The highest BCUT2D eigenvalue weighted by atomic mass is 35.5. The summed E-state index contributed by atoms with van der Waals surface area (Å²) in [6, 6.07) is -0.872. The lowest BCUT2D eigenvalue weighted by atomic mass is 9.72. The van der Waals surface area contributed by atoms with E-state index in [1.54, 1.807) is 17.3 Å². The van der Waals surface area contributed by atoms with Gasteiger partial charge in [-0.2, -0.15) is 0 Å². The van der Waals surface area contributed by atoms with Crippen molar-refractivity contribution in [2.24, 2.45) is 11.1 Å². The number of rotatable bonds is 4. The van der Waals surface area contributed by atoms with Gasteiger partial charge in [-0.3, -0.25) is 19.6 Å². The summed E-state index contributed by atoms with van der Waals surface area (Å²) >= 11 is 0. The minimum Gasteiger partial charge on any atom is -0.391 e. The highest BCUT2D eigenvalue weighted by molar-refractivity contribution is 5.85. The molecule has 0 aliphatic carbocycles. The molecule has 2 saturated heterocycles. The molecule has 2 atom stereocenters. The summed E-state index contributed by atoms with van der Waals surface area (Å²) in [5, 5.41) is 9.56. The fraction of sp³-hybridized carbons (Fsp3) is 0.684. The normalized spacial score (nSPS) is 21.2. The van der Waals surface area contributed by atoms with Crippen LogP contribution in [0.2, 0.25) is 0 Å². The quantitative estimate of drug-likeness (QED) is 0.752. The second kappa shape index (κ2) is 9.15. The summed E-state index contributed by atoms with van der Waals surface area (Å²) in [5.74, 6) is -0.0452. The summed E-state index contributed by atoms with van der Waals surface area (Å²) in [4.78, 5) is 37.0. The largest absolute Gasteiger partial charge is 0.391 e. The van der Waals surface area contributed by atoms with E-state index in [0.717, 1.165) is 30.7 Å². The van der Waals surface area contributed by atoms with Crippen LogP contribution in [0.5, 0.6) is 0 Å². The molecule has 0 radical (unpaired) electrons. The van der Waals surface area contributed by atoms with Crippen LogP contribution in [-0.2, 0) is 16.1 Å². The molecule has 3 heterocycles. The number of aliphatic hydroxyl groups is 1. The Hall–Kier alpha value is -1.77. The maximum Gasteiger partial charge on any atom is 0.242 e. The number of piperidine rings is 2. The summed E-state index contributed by atoms with van der Waals surface area (Å²) in [5.41, 5.74) is 7.48. The second-order valence-corrected chi connectivity index (χ2v) is 7.99. The minimum atomic E-state index is -0.872. The molecule has 28 heavy (non-hydrogen) atoms. The number of aryl methyl sites for hydroxylation is 1. The van der Waals surface area contributed by atoms with Gasteiger partial charge >= 0.3 is 0 Å². The topological polar surface area (TPSA) is 113 Å². The molecular weight excluding hydrogens is 382 g/mol. The number of likely N-dealkylation sites (tertiary alicyclic amines) is 2. The smallest absolute Gasteiger partial charge is 0.242 e. The first kappa shape index (κ1) is 22.5. The third kappa shape index (κ3) is 4.98. The van der Waals surface area contributed by atoms with Gasteiger partial charge in [-0.25, -0.2) is 0 Å². The second-order valence-electron chi connectivity index (χ2n) is 7.99. The van der Waals surface area contributed by atoms with Gasteiger partial charge < -0.3 is 20.6 Å². The zero-order valence-electron chi connectivity index (χ0n) is 16.5. The standard InChI is InChI=1S/C19H29N5O3.ClH/c1-13-9-22-15(10-21-13)11-24-12-19(4-3-16(24)26)5-7-23(8-6-19)18(27)17(20)14(2)25;/h9-10,14,17,25H,3-8,11-12,20H2,1-2H3;1H/t14-,17+;/m1./s1. The number of aromatic nitrogens is 2. The zero-order chi connectivity index (χ0) is 19.6. The van der Waals surface area contributed by atoms with Gasteiger partial charge in [0.1, 0.15) is 6.04 Å². The molecule has 3 N–H and O–H groups in total. The molecule has 0 saturated carbocycles. The van der Waals surface area contributed by atoms with Gasteiger partial charge in [-0.05, 0) is 38.5 Å². The Labute approximate surface area is 171 Å². The molecule has 3 rings (SSSR count). The van der Waals surface area contributed by atoms with E-state index in [4.69, 9.17) is 5.73 Å². The highest BCUT2D eigenvalue weighted by Gasteiger charge is 2.42. The molecule has 156 valence electrons. The molecule has 2 aliphatic rings. The van der Waals surface area contributed by atoms with E-state index >= 15 is 0 Å². The molecule has 1 aromatic rings. The van der Waals surface area contributed by atoms with Crippen LogP contribution in [0.1, 0.15) is 44.0 Å². The predicted octanol–water partition coefficient (Wildman–Crippen LogP) is 0.646. The van der Waals surface area contributed by atoms with E-state index in [9.17, 15) is 14.7 Å². The number of nitrogens with two attached hydrogens (primary N) is 1. The molecule has 1 aromatic heterocycles. The summed E-state index contributed by atoms with van der Waals surface area (Å²) < 4.78 is 0. The van der Waals surface area contributed by atoms with E-state index in [2.05, 4.69) is 9.97 Å². The number of hydrogen-bond acceptors (Lipinski definition) is 6. The van der Waals surface area contributed by atoms with Crippen LogP contribution in [0, 0.1) is 12.3 Å². The van der Waals surface area contributed by atoms with Crippen LogP contribution in [0.4, 0.5) is 0 Å². The average molecular weight is 412 g/mol. The van der Waals surface area contributed by atoms with Crippen LogP contribution >= 0.6 is 12.4 Å². The van der Waals surface area contributed by atoms with Crippen molar-refractivity contribution in [3.05, 3.63) is 23.8 Å². The fourth-order valence-corrected chi connectivity index (χ4v) is 3.97. The van der Waals surface area contributed by atoms with Gasteiger partial charge in [-0.1, -0.05) is 0 Å². The van der Waals surface area contributed by atoms with Crippen molar-refractivity contribution in [1.82, 2.24) is 19.8 Å². The lowest BCUT2D eigenvalue weighted by molar-refractivity contribution is -0.144. The number of carbonyl (C=O) groups excluding carboxylic acids is 2. The monoisotopic (exact) mass is 411 g/mol. The van der Waals surface area contributed by atoms with E-state index in [1.165, 1.54) is 6.92 Å². The Morgan fingerprint density at radius 1 is 1.29 bits per heavy atom. The number of aliphatic hydroxyl groups excluding tert-OH is 1. The number of halogens is 1. The van der Waals surface area contributed by atoms with Gasteiger partial charge in [0.2, 0.25) is 11.8 Å². The fourth-order valence-electron chi connectivity index (χ4n) is 3.97. The molecule has 2 fully saturated rings. The van der Waals surface area contributed by atoms with E-state index < -0.39 is 12.1 Å². The van der Waals surface area contributed by atoms with E-state index in [1.807, 2.05) is 11.8 Å². The number of hydrogen-bond donors (Lipinski definition) is 2. The molecule has 0 bridgehead atoms. The maximum absolute atomic E-state index is 12.4. The summed E-state index contributed by atoms with van der Waals surface area (Å²) in [6.07, 6.45) is 5.65. The third-order valence-electron chi connectivity index (χ3n) is 5.88. The Morgan fingerprint density at radius 3 is 2.54 bits per heavy atom. The van der Waals surface area contributed by atoms with Crippen LogP contribution in [0.3, 0.4) is 0 Å². The van der Waals surface area contributed by atoms with Crippen molar-refractivity contribution < 1.29 is 14.7 Å². The number of carbonyl (C=O) groups is 2. The van der Waals surface area contributed by atoms with Gasteiger partial charge in [-0.15, -0.1) is 12.4 Å². The van der Waals surface area contributed by atoms with Gasteiger partial charge in [0, 0.05) is 32.3 Å². The minimum absolute atomic E-state index is 0. The van der Waals surface area contributed by atoms with Crippen molar-refractivity contribution in [3.8, 4) is 0 Å². The van der Waals surface area contributed by atoms with Crippen LogP contribution in [-0.4, -0.2) is 68.5 Å². The Kier molecular flexibility index (Phi) is 7.36. The van der Waals surface area contributed by atoms with Crippen molar-refractivity contribution in [2.45, 2.75) is 58.2 Å². The number of amides is 2. The van der Waals surface area contributed by atoms with Crippen LogP contribution in [0.25, 0.3) is 0 Å². The Balaban J connectivity index is 0.00000280. The van der Waals surface area contributed by atoms with Gasteiger partial charge in [0.15, 0.2) is 0 Å². The van der Waals surface area contributed by atoms with E-state index in [0.29, 0.717) is 32.6 Å². The van der Waals surface area contributed by atoms with Crippen molar-refractivity contribution >= 4 is 24.2 Å². The van der Waals surface area contributed by atoms with Crippen molar-refractivity contribution in [3.63, 3.8) is 0 Å². The molecular formula is C19H30ClN5O3. The molecule has 0 aromatic carbocycles. The Bertz CT molecular complexity index is 689. The van der Waals surface area contributed by atoms with Crippen molar-refractivity contribution in [2.75, 3.05) is 19.6 Å². The highest BCUT2D eigenvalue weighted by Crippen LogP contribution is 2.40. The first-order chi connectivity index (χ1) is 12.8. The molecule has 2 amide bonds. The van der Waals surface area contributed by atoms with Crippen LogP contribution in [0.15, 0.2) is 12.4 Å². The molecule has 2 aliphatic heterocycles. The summed E-state index contributed by atoms with van der Waals surface area (Å²) in [6.45, 7) is 5.81. The summed E-state index contributed by atoms with van der Waals surface area (Å²) in [7, 11) is 0. The average Bonchev–Trinajstić information content (AvgIpc) is 2.66. The molecule has 8 nitrogen and oxygen atoms in total. The zero-order valence-corrected chi connectivity index (χ0v) is 17.3. The SMILES string of the molecule is Cc1cnc(CN2CC3(CCC2=O)CCN(C(=O)[C@@H](N)[C@@H](C)O)CC3)cn1.Cl. The lowest BCUT2D eigenvalue weighted by Gasteiger charge is -2.47. The first-order valence-corrected chi connectivity index (χ1v) is 9.57. The predicted molar refractivity (Wildman–Crippen MR) is 107 cm³/mol. The molecule has 9 heteroatoms. The lowest BCUT2D eigenvalue weighted by Crippen LogP contribution is -2.55. The number of nitrogens with zero attached hydrogens (tertiary/aromatic N) is 4. The van der Waals surface area contributed by atoms with Crippen molar-refractivity contribution in [1.29, 1.82) is 0 Å². The van der Waals surface area contributed by atoms with Crippen LogP contribution < -0.4 is 5.73 Å². The van der Waals surface area contributed by atoms with E-state index in [-0.39, 0.29) is 29.6 Å². The Morgan fingerprint density at radius 2 is 1.96 bits per heavy atom. The maximum atomic E-state index is 12.4. The first-order valence-electron chi connectivity index (χ1n) is 9.57. The molecule has 1 spiro atoms. The van der Waals surface area contributed by atoms with Gasteiger partial charge in [0.05, 0.1) is 30.2 Å².